The summed E-state index contributed by atoms with van der Waals surface area (Å²) in [6, 6.07) is 0.443. The van der Waals surface area contributed by atoms with E-state index in [0.29, 0.717) is 5.69 Å². The van der Waals surface area contributed by atoms with Gasteiger partial charge in [-0.05, 0) is 13.8 Å². The van der Waals surface area contributed by atoms with Crippen LogP contribution in [0.1, 0.15) is 23.0 Å². The van der Waals surface area contributed by atoms with Crippen LogP contribution in [0.4, 0.5) is 10.6 Å². The van der Waals surface area contributed by atoms with Gasteiger partial charge in [-0.1, -0.05) is 34.8 Å². The van der Waals surface area contributed by atoms with Crippen molar-refractivity contribution in [3.05, 3.63) is 17.3 Å². The van der Waals surface area contributed by atoms with Gasteiger partial charge in [-0.15, -0.1) is 0 Å². The van der Waals surface area contributed by atoms with E-state index in [4.69, 9.17) is 44.3 Å². The molecule has 3 amide bonds. The van der Waals surface area contributed by atoms with E-state index in [0.717, 1.165) is 0 Å². The van der Waals surface area contributed by atoms with Crippen molar-refractivity contribution < 1.29 is 23.9 Å². The molecule has 2 N–H and O–H groups in total. The van der Waals surface area contributed by atoms with Gasteiger partial charge in [-0.25, -0.2) is 14.6 Å². The van der Waals surface area contributed by atoms with Gasteiger partial charge in [-0.2, -0.15) is 0 Å². The van der Waals surface area contributed by atoms with Crippen LogP contribution in [0.5, 0.6) is 5.75 Å². The number of ether oxygens (including phenoxy) is 2. The number of urea groups is 1. The van der Waals surface area contributed by atoms with Crippen LogP contribution in [-0.4, -0.2) is 40.4 Å². The van der Waals surface area contributed by atoms with Crippen LogP contribution in [0.15, 0.2) is 6.07 Å². The Morgan fingerprint density at radius 1 is 1.29 bits per heavy atom. The monoisotopic (exact) mass is 397 g/mol. The molecular formula is C13H14Cl3N3O5. The van der Waals surface area contributed by atoms with Crippen molar-refractivity contribution >= 4 is 58.5 Å². The number of rotatable bonds is 4. The van der Waals surface area contributed by atoms with Gasteiger partial charge in [0.15, 0.2) is 5.82 Å². The van der Waals surface area contributed by atoms with E-state index < -0.39 is 21.7 Å². The predicted molar refractivity (Wildman–Crippen MR) is 88.9 cm³/mol. The molecule has 24 heavy (non-hydrogen) atoms. The summed E-state index contributed by atoms with van der Waals surface area (Å²) in [5.41, 5.74) is 0.337. The summed E-state index contributed by atoms with van der Waals surface area (Å²) < 4.78 is 7.69. The summed E-state index contributed by atoms with van der Waals surface area (Å²) in [5.74, 6) is -1.95. The first-order valence-corrected chi connectivity index (χ1v) is 7.65. The number of halogens is 3. The van der Waals surface area contributed by atoms with Gasteiger partial charge in [0.05, 0.1) is 13.7 Å². The van der Waals surface area contributed by atoms with Gasteiger partial charge in [0, 0.05) is 11.8 Å². The number of nitrogens with one attached hydrogen (secondary N) is 2. The number of anilines is 1. The highest BCUT2D eigenvalue weighted by molar-refractivity contribution is 6.76. The van der Waals surface area contributed by atoms with Gasteiger partial charge in [0.1, 0.15) is 11.3 Å². The maximum atomic E-state index is 12.1. The van der Waals surface area contributed by atoms with E-state index in [-0.39, 0.29) is 23.7 Å². The molecule has 0 fully saturated rings. The van der Waals surface area contributed by atoms with E-state index in [1.807, 2.05) is 0 Å². The highest BCUT2D eigenvalue weighted by Crippen LogP contribution is 2.28. The third kappa shape index (κ3) is 5.40. The van der Waals surface area contributed by atoms with Crippen LogP contribution in [-0.2, 0) is 9.53 Å². The molecule has 1 aromatic heterocycles. The van der Waals surface area contributed by atoms with Gasteiger partial charge < -0.3 is 9.47 Å². The van der Waals surface area contributed by atoms with Crippen LogP contribution in [0.3, 0.4) is 0 Å². The van der Waals surface area contributed by atoms with Crippen molar-refractivity contribution in [2.24, 2.45) is 0 Å². The van der Waals surface area contributed by atoms with Crippen molar-refractivity contribution in [1.29, 1.82) is 0 Å². The van der Waals surface area contributed by atoms with Crippen molar-refractivity contribution in [2.75, 3.05) is 19.0 Å². The maximum Gasteiger partial charge on any atom is 0.345 e. The lowest BCUT2D eigenvalue weighted by Gasteiger charge is -2.15. The highest BCUT2D eigenvalue weighted by Gasteiger charge is 2.32. The van der Waals surface area contributed by atoms with Gasteiger partial charge >= 0.3 is 12.0 Å². The summed E-state index contributed by atoms with van der Waals surface area (Å²) in [5, 5.41) is 4.04. The zero-order chi connectivity index (χ0) is 18.5. The Bertz CT molecular complexity index is 661. The Morgan fingerprint density at radius 2 is 1.92 bits per heavy atom. The molecule has 1 aromatic rings. The van der Waals surface area contributed by atoms with Crippen molar-refractivity contribution in [3.63, 3.8) is 0 Å². The Hall–Kier alpha value is -1.77. The van der Waals surface area contributed by atoms with Crippen molar-refractivity contribution in [3.8, 4) is 5.75 Å². The van der Waals surface area contributed by atoms with Crippen LogP contribution >= 0.6 is 34.8 Å². The second kappa shape index (κ2) is 8.36. The van der Waals surface area contributed by atoms with Crippen LogP contribution in [0.2, 0.25) is 0 Å². The summed E-state index contributed by atoms with van der Waals surface area (Å²) in [6.07, 6.45) is 0. The average molecular weight is 399 g/mol. The molecule has 0 saturated carbocycles. The van der Waals surface area contributed by atoms with E-state index in [2.05, 4.69) is 10.3 Å². The smallest absolute Gasteiger partial charge is 0.345 e. The largest absolute Gasteiger partial charge is 0.496 e. The molecule has 0 radical (unpaired) electrons. The zero-order valence-electron chi connectivity index (χ0n) is 12.9. The number of methoxy groups -OCH3 is 1. The molecule has 1 heterocycles. The summed E-state index contributed by atoms with van der Waals surface area (Å²) >= 11 is 16.1. The second-order valence-electron chi connectivity index (χ2n) is 4.32. The lowest BCUT2D eigenvalue weighted by Crippen LogP contribution is -2.41. The molecule has 132 valence electrons. The first-order valence-electron chi connectivity index (χ1n) is 6.52. The first-order chi connectivity index (χ1) is 11.1. The van der Waals surface area contributed by atoms with Gasteiger partial charge in [0.2, 0.25) is 0 Å². The van der Waals surface area contributed by atoms with Crippen molar-refractivity contribution in [2.45, 2.75) is 17.6 Å². The SMILES string of the molecule is CCOC(=O)c1c(OC)cc(C)nc1NC(=O)NC(=O)C(Cl)(Cl)Cl. The summed E-state index contributed by atoms with van der Waals surface area (Å²) in [4.78, 5) is 39.4. The molecule has 0 aliphatic carbocycles. The third-order valence-electron chi connectivity index (χ3n) is 2.53. The number of carbonyl (C=O) groups is 3. The minimum absolute atomic E-state index is 0.104. The Balaban J connectivity index is 3.14. The molecule has 0 spiro atoms. The molecular weight excluding hydrogens is 385 g/mol. The topological polar surface area (TPSA) is 107 Å². The minimum Gasteiger partial charge on any atom is -0.496 e. The predicted octanol–water partition coefficient (Wildman–Crippen LogP) is 2.59. The number of imide groups is 1. The maximum absolute atomic E-state index is 12.1. The molecule has 8 nitrogen and oxygen atoms in total. The lowest BCUT2D eigenvalue weighted by molar-refractivity contribution is -0.119. The highest BCUT2D eigenvalue weighted by atomic mass is 35.6. The molecule has 0 atom stereocenters. The number of nitrogens with zero attached hydrogens (tertiary/aromatic N) is 1. The Labute approximate surface area is 152 Å². The molecule has 1 rings (SSSR count). The van der Waals surface area contributed by atoms with Gasteiger partial charge in [0.25, 0.3) is 9.70 Å². The third-order valence-corrected chi connectivity index (χ3v) is 3.04. The fourth-order valence-corrected chi connectivity index (χ4v) is 1.75. The molecule has 0 aliphatic heterocycles. The number of carbonyl (C=O) groups excluding carboxylic acids is 3. The average Bonchev–Trinajstić information content (AvgIpc) is 2.45. The molecule has 0 saturated heterocycles. The fourth-order valence-electron chi connectivity index (χ4n) is 1.61. The summed E-state index contributed by atoms with van der Waals surface area (Å²) in [6.45, 7) is 3.34. The van der Waals surface area contributed by atoms with E-state index >= 15 is 0 Å². The minimum atomic E-state index is -2.32. The molecule has 0 unspecified atom stereocenters. The Morgan fingerprint density at radius 3 is 2.42 bits per heavy atom. The standard InChI is InChI=1S/C13H14Cl3N3O5/c1-4-24-10(20)8-7(23-3)5-6(2)17-9(8)18-12(22)19-11(21)13(14,15)16/h5H,4H2,1-3H3,(H2,17,18,19,21,22). The fraction of sp³-hybridized carbons (Fsp3) is 0.385. The zero-order valence-corrected chi connectivity index (χ0v) is 15.2. The molecule has 0 bridgehead atoms. The number of hydrogen-bond donors (Lipinski definition) is 2. The normalized spacial score (nSPS) is 10.8. The van der Waals surface area contributed by atoms with Crippen molar-refractivity contribution in [1.82, 2.24) is 10.3 Å². The number of aryl methyl sites for hydroxylation is 1. The molecule has 0 aromatic carbocycles. The number of amides is 3. The van der Waals surface area contributed by atoms with Crippen LogP contribution in [0, 0.1) is 6.92 Å². The Kier molecular flexibility index (Phi) is 7.07. The van der Waals surface area contributed by atoms with E-state index in [9.17, 15) is 14.4 Å². The number of aromatic nitrogens is 1. The molecule has 0 aliphatic rings. The molecule has 11 heteroatoms. The first kappa shape index (κ1) is 20.3. The number of hydrogen-bond acceptors (Lipinski definition) is 6. The van der Waals surface area contributed by atoms with E-state index in [1.54, 1.807) is 19.2 Å². The lowest BCUT2D eigenvalue weighted by atomic mass is 10.2. The van der Waals surface area contributed by atoms with E-state index in [1.165, 1.54) is 13.2 Å². The number of esters is 1. The summed E-state index contributed by atoms with van der Waals surface area (Å²) in [7, 11) is 1.34. The van der Waals surface area contributed by atoms with Crippen LogP contribution < -0.4 is 15.4 Å². The number of pyridine rings is 1. The van der Waals surface area contributed by atoms with Gasteiger partial charge in [-0.3, -0.25) is 15.4 Å². The second-order valence-corrected chi connectivity index (χ2v) is 6.60. The number of alkyl halides is 3. The van der Waals surface area contributed by atoms with Crippen LogP contribution in [0.25, 0.3) is 0 Å². The quantitative estimate of drug-likeness (QED) is 0.596.